The minimum Gasteiger partial charge on any atom is -0.342 e. The molecule has 2 aliphatic heterocycles. The number of halogens is 1. The highest BCUT2D eigenvalue weighted by atomic mass is 35.5. The van der Waals surface area contributed by atoms with Crippen LogP contribution in [0.25, 0.3) is 0 Å². The van der Waals surface area contributed by atoms with E-state index in [2.05, 4.69) is 0 Å². The van der Waals surface area contributed by atoms with Gasteiger partial charge in [-0.3, -0.25) is 9.59 Å². The number of nitrogens with two attached hydrogens (primary N) is 1. The average molecular weight is 366 g/mol. The molecule has 3 rings (SSSR count). The third kappa shape index (κ3) is 4.53. The number of hydrogen-bond acceptors (Lipinski definition) is 3. The minimum absolute atomic E-state index is 0. The van der Waals surface area contributed by atoms with Crippen molar-refractivity contribution in [2.45, 2.75) is 26.2 Å². The number of rotatable bonds is 3. The van der Waals surface area contributed by atoms with Gasteiger partial charge in [-0.05, 0) is 50.8 Å². The number of aryl methyl sites for hydroxylation is 1. The zero-order valence-corrected chi connectivity index (χ0v) is 15.6. The smallest absolute Gasteiger partial charge is 0.253 e. The molecule has 0 radical (unpaired) electrons. The number of likely N-dealkylation sites (tertiary alicyclic amines) is 2. The summed E-state index contributed by atoms with van der Waals surface area (Å²) < 4.78 is 0. The summed E-state index contributed by atoms with van der Waals surface area (Å²) in [6.07, 6.45) is 2.77. The highest BCUT2D eigenvalue weighted by molar-refractivity contribution is 5.94. The predicted octanol–water partition coefficient (Wildman–Crippen LogP) is 2.08. The van der Waals surface area contributed by atoms with Gasteiger partial charge in [-0.2, -0.15) is 0 Å². The van der Waals surface area contributed by atoms with Gasteiger partial charge in [0.15, 0.2) is 0 Å². The van der Waals surface area contributed by atoms with Crippen molar-refractivity contribution in [2.24, 2.45) is 17.6 Å². The molecule has 0 bridgehead atoms. The van der Waals surface area contributed by atoms with Gasteiger partial charge < -0.3 is 15.5 Å². The van der Waals surface area contributed by atoms with Crippen LogP contribution in [0.1, 0.15) is 35.2 Å². The van der Waals surface area contributed by atoms with E-state index in [-0.39, 0.29) is 30.1 Å². The SMILES string of the molecule is Cc1ccc(C(=O)N2CCCC(C(=O)N3CCC(CN)C3)C2)cc1.Cl. The van der Waals surface area contributed by atoms with E-state index < -0.39 is 0 Å². The zero-order chi connectivity index (χ0) is 17.1. The van der Waals surface area contributed by atoms with Crippen molar-refractivity contribution in [1.82, 2.24) is 9.80 Å². The first-order valence-electron chi connectivity index (χ1n) is 8.93. The molecule has 0 spiro atoms. The van der Waals surface area contributed by atoms with E-state index in [1.165, 1.54) is 0 Å². The molecule has 2 N–H and O–H groups in total. The van der Waals surface area contributed by atoms with Crippen LogP contribution in [-0.4, -0.2) is 54.3 Å². The predicted molar refractivity (Wildman–Crippen MR) is 101 cm³/mol. The van der Waals surface area contributed by atoms with Crippen LogP contribution in [0.2, 0.25) is 0 Å². The average Bonchev–Trinajstić information content (AvgIpc) is 3.10. The molecule has 0 saturated carbocycles. The number of carbonyl (C=O) groups excluding carboxylic acids is 2. The molecule has 2 saturated heterocycles. The summed E-state index contributed by atoms with van der Waals surface area (Å²) >= 11 is 0. The maximum absolute atomic E-state index is 12.8. The monoisotopic (exact) mass is 365 g/mol. The lowest BCUT2D eigenvalue weighted by Crippen LogP contribution is -2.46. The lowest BCUT2D eigenvalue weighted by atomic mass is 9.96. The Hall–Kier alpha value is -1.59. The summed E-state index contributed by atoms with van der Waals surface area (Å²) in [7, 11) is 0. The number of carbonyl (C=O) groups is 2. The molecule has 1 aromatic carbocycles. The van der Waals surface area contributed by atoms with Crippen LogP contribution in [-0.2, 0) is 4.79 Å². The quantitative estimate of drug-likeness (QED) is 0.891. The molecule has 2 atom stereocenters. The van der Waals surface area contributed by atoms with E-state index in [1.807, 2.05) is 41.0 Å². The minimum atomic E-state index is -0.0651. The molecular formula is C19H28ClN3O2. The van der Waals surface area contributed by atoms with Crippen LogP contribution in [0.3, 0.4) is 0 Å². The van der Waals surface area contributed by atoms with Gasteiger partial charge in [0.2, 0.25) is 5.91 Å². The molecule has 0 aromatic heterocycles. The van der Waals surface area contributed by atoms with Crippen LogP contribution in [0.4, 0.5) is 0 Å². The fourth-order valence-corrected chi connectivity index (χ4v) is 3.73. The van der Waals surface area contributed by atoms with Gasteiger partial charge in [0.25, 0.3) is 5.91 Å². The molecule has 2 amide bonds. The van der Waals surface area contributed by atoms with Crippen LogP contribution in [0.15, 0.2) is 24.3 Å². The van der Waals surface area contributed by atoms with Crippen LogP contribution < -0.4 is 5.73 Å². The molecule has 25 heavy (non-hydrogen) atoms. The van der Waals surface area contributed by atoms with Crippen LogP contribution in [0, 0.1) is 18.8 Å². The molecule has 138 valence electrons. The summed E-state index contributed by atoms with van der Waals surface area (Å²) in [5, 5.41) is 0. The zero-order valence-electron chi connectivity index (χ0n) is 14.8. The Morgan fingerprint density at radius 3 is 2.44 bits per heavy atom. The molecule has 2 aliphatic rings. The number of benzene rings is 1. The molecule has 2 unspecified atom stereocenters. The molecule has 5 nitrogen and oxygen atoms in total. The molecule has 0 aliphatic carbocycles. The highest BCUT2D eigenvalue weighted by Gasteiger charge is 2.34. The fourth-order valence-electron chi connectivity index (χ4n) is 3.73. The van der Waals surface area contributed by atoms with Gasteiger partial charge in [-0.1, -0.05) is 17.7 Å². The second-order valence-corrected chi connectivity index (χ2v) is 7.13. The molecule has 2 fully saturated rings. The van der Waals surface area contributed by atoms with E-state index in [9.17, 15) is 9.59 Å². The van der Waals surface area contributed by atoms with Crippen molar-refractivity contribution in [3.05, 3.63) is 35.4 Å². The van der Waals surface area contributed by atoms with Crippen molar-refractivity contribution < 1.29 is 9.59 Å². The lowest BCUT2D eigenvalue weighted by molar-refractivity contribution is -0.136. The Balaban J connectivity index is 0.00000225. The van der Waals surface area contributed by atoms with E-state index in [0.29, 0.717) is 24.6 Å². The first-order chi connectivity index (χ1) is 11.6. The third-order valence-electron chi connectivity index (χ3n) is 5.29. The Bertz CT molecular complexity index is 605. The summed E-state index contributed by atoms with van der Waals surface area (Å²) in [4.78, 5) is 29.2. The first-order valence-corrected chi connectivity index (χ1v) is 8.93. The topological polar surface area (TPSA) is 66.6 Å². The second-order valence-electron chi connectivity index (χ2n) is 7.13. The summed E-state index contributed by atoms with van der Waals surface area (Å²) in [5.41, 5.74) is 7.57. The van der Waals surface area contributed by atoms with Crippen molar-refractivity contribution >= 4 is 24.2 Å². The molecule has 2 heterocycles. The fraction of sp³-hybridized carbons (Fsp3) is 0.579. The maximum atomic E-state index is 12.8. The van der Waals surface area contributed by atoms with Gasteiger partial charge in [0.1, 0.15) is 0 Å². The van der Waals surface area contributed by atoms with Crippen molar-refractivity contribution in [2.75, 3.05) is 32.7 Å². The normalized spacial score (nSPS) is 23.3. The second kappa shape index (κ2) is 8.68. The lowest BCUT2D eigenvalue weighted by Gasteiger charge is -2.34. The molecule has 1 aromatic rings. The summed E-state index contributed by atoms with van der Waals surface area (Å²) in [5.74, 6) is 0.605. The number of amides is 2. The highest BCUT2D eigenvalue weighted by Crippen LogP contribution is 2.24. The number of nitrogens with zero attached hydrogens (tertiary/aromatic N) is 2. The Kier molecular flexibility index (Phi) is 6.85. The van der Waals surface area contributed by atoms with E-state index >= 15 is 0 Å². The standard InChI is InChI=1S/C19H27N3O2.ClH/c1-14-4-6-16(7-5-14)18(23)21-9-2-3-17(13-21)19(24)22-10-8-15(11-20)12-22;/h4-7,15,17H,2-3,8-13,20H2,1H3;1H. The third-order valence-corrected chi connectivity index (χ3v) is 5.29. The number of hydrogen-bond donors (Lipinski definition) is 1. The van der Waals surface area contributed by atoms with Gasteiger partial charge >= 0.3 is 0 Å². The van der Waals surface area contributed by atoms with E-state index in [0.717, 1.165) is 44.5 Å². The van der Waals surface area contributed by atoms with Gasteiger partial charge in [-0.25, -0.2) is 0 Å². The van der Waals surface area contributed by atoms with Crippen LogP contribution in [0.5, 0.6) is 0 Å². The van der Waals surface area contributed by atoms with Gasteiger partial charge in [0, 0.05) is 31.7 Å². The first kappa shape index (κ1) is 19.7. The maximum Gasteiger partial charge on any atom is 0.253 e. The Morgan fingerprint density at radius 1 is 1.08 bits per heavy atom. The Morgan fingerprint density at radius 2 is 1.80 bits per heavy atom. The largest absolute Gasteiger partial charge is 0.342 e. The van der Waals surface area contributed by atoms with E-state index in [4.69, 9.17) is 5.73 Å². The Labute approximate surface area is 155 Å². The summed E-state index contributed by atoms with van der Waals surface area (Å²) in [6, 6.07) is 7.65. The van der Waals surface area contributed by atoms with Crippen LogP contribution >= 0.6 is 12.4 Å². The van der Waals surface area contributed by atoms with Crippen molar-refractivity contribution in [3.8, 4) is 0 Å². The summed E-state index contributed by atoms with van der Waals surface area (Å²) in [6.45, 7) is 5.51. The van der Waals surface area contributed by atoms with Gasteiger partial charge in [-0.15, -0.1) is 12.4 Å². The van der Waals surface area contributed by atoms with Crippen molar-refractivity contribution in [3.63, 3.8) is 0 Å². The van der Waals surface area contributed by atoms with E-state index in [1.54, 1.807) is 0 Å². The molecular weight excluding hydrogens is 338 g/mol. The number of piperidine rings is 1. The molecule has 6 heteroatoms. The van der Waals surface area contributed by atoms with Gasteiger partial charge in [0.05, 0.1) is 5.92 Å². The van der Waals surface area contributed by atoms with Crippen molar-refractivity contribution in [1.29, 1.82) is 0 Å².